The van der Waals surface area contributed by atoms with Gasteiger partial charge >= 0.3 is 0 Å². The highest BCUT2D eigenvalue weighted by Gasteiger charge is 2.07. The van der Waals surface area contributed by atoms with Crippen molar-refractivity contribution in [2.75, 3.05) is 0 Å². The van der Waals surface area contributed by atoms with Gasteiger partial charge in [0.15, 0.2) is 5.75 Å². The van der Waals surface area contributed by atoms with Crippen molar-refractivity contribution in [1.82, 2.24) is 4.98 Å². The maximum absolute atomic E-state index is 12.8. The predicted octanol–water partition coefficient (Wildman–Crippen LogP) is 3.81. The number of thiophene rings is 1. The molecule has 0 aliphatic heterocycles. The van der Waals surface area contributed by atoms with Crippen LogP contribution in [0.25, 0.3) is 20.5 Å². The van der Waals surface area contributed by atoms with E-state index in [-0.39, 0.29) is 11.6 Å². The third kappa shape index (κ3) is 1.76. The number of aromatic hydroxyl groups is 1. The van der Waals surface area contributed by atoms with Gasteiger partial charge < -0.3 is 5.11 Å². The van der Waals surface area contributed by atoms with Crippen molar-refractivity contribution in [3.05, 3.63) is 48.5 Å². The van der Waals surface area contributed by atoms with E-state index in [1.807, 2.05) is 6.07 Å². The summed E-state index contributed by atoms with van der Waals surface area (Å²) in [7, 11) is 0. The first-order valence-corrected chi connectivity index (χ1v) is 5.88. The second kappa shape index (κ2) is 3.82. The topological polar surface area (TPSA) is 33.1 Å². The van der Waals surface area contributed by atoms with Gasteiger partial charge in [-0.2, -0.15) is 0 Å². The van der Waals surface area contributed by atoms with Gasteiger partial charge in [0.25, 0.3) is 0 Å². The summed E-state index contributed by atoms with van der Waals surface area (Å²) >= 11 is 1.47. The van der Waals surface area contributed by atoms with Gasteiger partial charge in [-0.3, -0.25) is 4.98 Å². The standard InChI is InChI=1S/C13H8FNOS/c14-10-3-1-8(2-4-10)12-5-9-6-15-7-11(16)13(9)17-12/h1-7,16H. The molecule has 2 aromatic heterocycles. The fourth-order valence-electron chi connectivity index (χ4n) is 1.70. The van der Waals surface area contributed by atoms with Gasteiger partial charge in [0, 0.05) is 16.5 Å². The quantitative estimate of drug-likeness (QED) is 0.707. The molecule has 4 heteroatoms. The van der Waals surface area contributed by atoms with Crippen molar-refractivity contribution in [3.63, 3.8) is 0 Å². The number of rotatable bonds is 1. The third-order valence-corrected chi connectivity index (χ3v) is 3.76. The third-order valence-electron chi connectivity index (χ3n) is 2.53. The van der Waals surface area contributed by atoms with Crippen LogP contribution in [0.1, 0.15) is 0 Å². The lowest BCUT2D eigenvalue weighted by Gasteiger charge is -1.95. The fraction of sp³-hybridized carbons (Fsp3) is 0. The SMILES string of the molecule is Oc1cncc2cc(-c3ccc(F)cc3)sc12. The Morgan fingerprint density at radius 1 is 1.12 bits per heavy atom. The van der Waals surface area contributed by atoms with E-state index in [1.54, 1.807) is 18.3 Å². The van der Waals surface area contributed by atoms with E-state index in [9.17, 15) is 9.50 Å². The summed E-state index contributed by atoms with van der Waals surface area (Å²) in [5, 5.41) is 10.6. The summed E-state index contributed by atoms with van der Waals surface area (Å²) in [4.78, 5) is 4.92. The molecule has 0 bridgehead atoms. The van der Waals surface area contributed by atoms with Crippen LogP contribution in [-0.2, 0) is 0 Å². The van der Waals surface area contributed by atoms with Crippen LogP contribution in [0.4, 0.5) is 4.39 Å². The molecule has 0 fully saturated rings. The van der Waals surface area contributed by atoms with Crippen molar-refractivity contribution in [2.45, 2.75) is 0 Å². The number of aromatic nitrogens is 1. The first-order chi connectivity index (χ1) is 8.24. The van der Waals surface area contributed by atoms with Crippen LogP contribution in [0.2, 0.25) is 0 Å². The van der Waals surface area contributed by atoms with Gasteiger partial charge in [-0.25, -0.2) is 4.39 Å². The molecular weight excluding hydrogens is 237 g/mol. The Hall–Kier alpha value is -1.94. The number of halogens is 1. The molecule has 0 aliphatic rings. The minimum Gasteiger partial charge on any atom is -0.505 e. The van der Waals surface area contributed by atoms with Crippen LogP contribution in [0, 0.1) is 5.82 Å². The molecule has 3 aromatic rings. The number of nitrogens with zero attached hydrogens (tertiary/aromatic N) is 1. The zero-order chi connectivity index (χ0) is 11.8. The Balaban J connectivity index is 2.18. The van der Waals surface area contributed by atoms with Crippen LogP contribution >= 0.6 is 11.3 Å². The lowest BCUT2D eigenvalue weighted by molar-refractivity contribution is 0.480. The molecule has 84 valence electrons. The van der Waals surface area contributed by atoms with Crippen LogP contribution in [-0.4, -0.2) is 10.1 Å². The Morgan fingerprint density at radius 3 is 2.59 bits per heavy atom. The van der Waals surface area contributed by atoms with Crippen LogP contribution in [0.5, 0.6) is 5.75 Å². The monoisotopic (exact) mass is 245 g/mol. The summed E-state index contributed by atoms with van der Waals surface area (Å²) in [5.74, 6) is -0.0692. The molecular formula is C13H8FNOS. The Kier molecular flexibility index (Phi) is 2.30. The zero-order valence-corrected chi connectivity index (χ0v) is 9.54. The molecule has 17 heavy (non-hydrogen) atoms. The van der Waals surface area contributed by atoms with Crippen molar-refractivity contribution < 1.29 is 9.50 Å². The fourth-order valence-corrected chi connectivity index (χ4v) is 2.75. The van der Waals surface area contributed by atoms with Crippen molar-refractivity contribution >= 4 is 21.4 Å². The molecule has 1 N–H and O–H groups in total. The van der Waals surface area contributed by atoms with E-state index in [0.717, 1.165) is 20.5 Å². The van der Waals surface area contributed by atoms with E-state index in [2.05, 4.69) is 4.98 Å². The molecule has 3 rings (SSSR count). The molecule has 2 heterocycles. The number of hydrogen-bond acceptors (Lipinski definition) is 3. The van der Waals surface area contributed by atoms with E-state index in [0.29, 0.717) is 0 Å². The zero-order valence-electron chi connectivity index (χ0n) is 8.72. The van der Waals surface area contributed by atoms with Crippen LogP contribution < -0.4 is 0 Å². The van der Waals surface area contributed by atoms with Gasteiger partial charge in [-0.15, -0.1) is 11.3 Å². The Bertz CT molecular complexity index is 675. The molecule has 0 radical (unpaired) electrons. The molecule has 2 nitrogen and oxygen atoms in total. The van der Waals surface area contributed by atoms with Gasteiger partial charge in [0.05, 0.1) is 10.9 Å². The summed E-state index contributed by atoms with van der Waals surface area (Å²) in [5.41, 5.74) is 0.937. The van der Waals surface area contributed by atoms with Crippen molar-refractivity contribution in [2.24, 2.45) is 0 Å². The van der Waals surface area contributed by atoms with E-state index < -0.39 is 0 Å². The highest BCUT2D eigenvalue weighted by atomic mass is 32.1. The summed E-state index contributed by atoms with van der Waals surface area (Å²) < 4.78 is 13.6. The van der Waals surface area contributed by atoms with Gasteiger partial charge in [-0.05, 0) is 23.8 Å². The number of hydrogen-bond donors (Lipinski definition) is 1. The summed E-state index contributed by atoms with van der Waals surface area (Å²) in [6.07, 6.45) is 3.13. The predicted molar refractivity (Wildman–Crippen MR) is 66.7 cm³/mol. The average molecular weight is 245 g/mol. The van der Waals surface area contributed by atoms with E-state index in [1.165, 1.54) is 29.7 Å². The summed E-state index contributed by atoms with van der Waals surface area (Å²) in [6, 6.07) is 8.25. The smallest absolute Gasteiger partial charge is 0.151 e. The molecule has 0 amide bonds. The maximum atomic E-state index is 12.8. The molecule has 0 aliphatic carbocycles. The van der Waals surface area contributed by atoms with Gasteiger partial charge in [0.1, 0.15) is 5.82 Å². The minimum absolute atomic E-state index is 0.181. The summed E-state index contributed by atoms with van der Waals surface area (Å²) in [6.45, 7) is 0. The molecule has 0 unspecified atom stereocenters. The van der Waals surface area contributed by atoms with Gasteiger partial charge in [0.2, 0.25) is 0 Å². The second-order valence-electron chi connectivity index (χ2n) is 3.69. The lowest BCUT2D eigenvalue weighted by atomic mass is 10.2. The number of pyridine rings is 1. The molecule has 0 spiro atoms. The normalized spacial score (nSPS) is 10.9. The van der Waals surface area contributed by atoms with E-state index >= 15 is 0 Å². The highest BCUT2D eigenvalue weighted by molar-refractivity contribution is 7.22. The molecule has 0 saturated carbocycles. The first kappa shape index (κ1) is 10.2. The lowest BCUT2D eigenvalue weighted by Crippen LogP contribution is -1.73. The number of benzene rings is 1. The maximum Gasteiger partial charge on any atom is 0.151 e. The van der Waals surface area contributed by atoms with Crippen molar-refractivity contribution in [3.8, 4) is 16.2 Å². The average Bonchev–Trinajstić information content (AvgIpc) is 2.75. The molecule has 1 aromatic carbocycles. The molecule has 0 atom stereocenters. The number of fused-ring (bicyclic) bond motifs is 1. The molecule has 0 saturated heterocycles. The Labute approximate surface area is 101 Å². The Morgan fingerprint density at radius 2 is 1.88 bits per heavy atom. The van der Waals surface area contributed by atoms with Gasteiger partial charge in [-0.1, -0.05) is 12.1 Å². The highest BCUT2D eigenvalue weighted by Crippen LogP contribution is 2.37. The first-order valence-electron chi connectivity index (χ1n) is 5.06. The second-order valence-corrected chi connectivity index (χ2v) is 4.75. The largest absolute Gasteiger partial charge is 0.505 e. The van der Waals surface area contributed by atoms with Crippen molar-refractivity contribution in [1.29, 1.82) is 0 Å². The van der Waals surface area contributed by atoms with Crippen LogP contribution in [0.3, 0.4) is 0 Å². The van der Waals surface area contributed by atoms with Crippen LogP contribution in [0.15, 0.2) is 42.7 Å². The minimum atomic E-state index is -0.251. The van der Waals surface area contributed by atoms with E-state index in [4.69, 9.17) is 0 Å².